The Hall–Kier alpha value is -6.49. The minimum atomic E-state index is -0.821. The quantitative estimate of drug-likeness (QED) is 0.0552. The zero-order valence-corrected chi connectivity index (χ0v) is 42.5. The van der Waals surface area contributed by atoms with Crippen LogP contribution in [0.3, 0.4) is 0 Å². The van der Waals surface area contributed by atoms with Gasteiger partial charge >= 0.3 is 0 Å². The maximum absolute atomic E-state index is 13.9. The second-order valence-electron chi connectivity index (χ2n) is 20.7. The van der Waals surface area contributed by atoms with E-state index in [0.29, 0.717) is 32.1 Å². The summed E-state index contributed by atoms with van der Waals surface area (Å²) in [5, 5.41) is 18.7. The molecule has 16 heteroatoms. The van der Waals surface area contributed by atoms with E-state index in [-0.39, 0.29) is 69.0 Å². The SMILES string of the molecule is Cc1ncsc1-c1ccc(CNC(=O)[C@@H]2C[C@@H](O)CN2C(=O)CC(C)(C)CC(CCc2ccc3cc(CO[C@H](C)[C@H](CCC(N)=O)NC(=O)[C@@H]4Cc5cccc6c5N4C(=O)CCC6)ccc3c2)C(N)=O)cc1. The highest BCUT2D eigenvalue weighted by atomic mass is 32.1. The number of aromatic nitrogens is 1. The first-order valence-corrected chi connectivity index (χ1v) is 26.0. The summed E-state index contributed by atoms with van der Waals surface area (Å²) in [7, 11) is 0. The number of amides is 6. The van der Waals surface area contributed by atoms with E-state index in [1.165, 1.54) is 4.90 Å². The summed E-state index contributed by atoms with van der Waals surface area (Å²) in [6.07, 6.45) is 3.02. The van der Waals surface area contributed by atoms with Crippen LogP contribution in [0.4, 0.5) is 5.69 Å². The number of anilines is 1. The Morgan fingerprint density at radius 3 is 2.32 bits per heavy atom. The van der Waals surface area contributed by atoms with Crippen molar-refractivity contribution < 1.29 is 38.6 Å². The average Bonchev–Trinajstić information content (AvgIpc) is 4.06. The summed E-state index contributed by atoms with van der Waals surface area (Å²) in [6, 6.07) is 24.1. The van der Waals surface area contributed by atoms with Crippen LogP contribution in [0.25, 0.3) is 21.2 Å². The highest BCUT2D eigenvalue weighted by molar-refractivity contribution is 7.13. The minimum Gasteiger partial charge on any atom is -0.391 e. The molecule has 1 aromatic heterocycles. The number of β-amino-alcohol motifs (C(OH)–C–C–N with tert-alkyl or cyclic N) is 1. The fourth-order valence-corrected chi connectivity index (χ4v) is 11.5. The molecule has 1 unspecified atom stereocenters. The lowest BCUT2D eigenvalue weighted by molar-refractivity contribution is -0.140. The Bertz CT molecular complexity index is 2830. The molecule has 6 amide bonds. The second kappa shape index (κ2) is 22.5. The van der Waals surface area contributed by atoms with Gasteiger partial charge in [0.15, 0.2) is 0 Å². The minimum absolute atomic E-state index is 0.0584. The summed E-state index contributed by atoms with van der Waals surface area (Å²) in [6.45, 7) is 8.28. The van der Waals surface area contributed by atoms with Gasteiger partial charge in [-0.05, 0) is 108 Å². The fraction of sp³-hybridized carbons (Fsp3) is 0.446. The average molecular weight is 998 g/mol. The normalized spacial score (nSPS) is 18.8. The molecular weight excluding hydrogens is 931 g/mol. The molecule has 0 bridgehead atoms. The molecule has 6 atom stereocenters. The van der Waals surface area contributed by atoms with E-state index in [2.05, 4.69) is 21.7 Å². The van der Waals surface area contributed by atoms with Crippen molar-refractivity contribution >= 4 is 63.2 Å². The van der Waals surface area contributed by atoms with E-state index in [1.54, 1.807) is 16.2 Å². The lowest BCUT2D eigenvalue weighted by atomic mass is 9.77. The van der Waals surface area contributed by atoms with Crippen molar-refractivity contribution in [3.8, 4) is 10.4 Å². The van der Waals surface area contributed by atoms with Crippen LogP contribution >= 0.6 is 11.3 Å². The van der Waals surface area contributed by atoms with Gasteiger partial charge in [-0.1, -0.05) is 86.6 Å². The van der Waals surface area contributed by atoms with Crippen LogP contribution in [0.1, 0.15) is 106 Å². The third-order valence-electron chi connectivity index (χ3n) is 14.6. The number of carbonyl (C=O) groups excluding carboxylic acids is 6. The topological polar surface area (TPSA) is 227 Å². The van der Waals surface area contributed by atoms with Crippen LogP contribution < -0.4 is 27.0 Å². The van der Waals surface area contributed by atoms with Crippen molar-refractivity contribution in [3.63, 3.8) is 0 Å². The van der Waals surface area contributed by atoms with Crippen molar-refractivity contribution in [2.24, 2.45) is 22.8 Å². The van der Waals surface area contributed by atoms with Crippen LogP contribution in [0.5, 0.6) is 0 Å². The molecule has 0 saturated carbocycles. The van der Waals surface area contributed by atoms with Crippen LogP contribution in [-0.2, 0) is 65.9 Å². The Balaban J connectivity index is 0.826. The number of para-hydroxylation sites is 1. The number of aryl methyl sites for hydroxylation is 3. The number of ether oxygens (including phenoxy) is 1. The molecule has 4 heterocycles. The molecule has 0 spiro atoms. The number of carbonyl (C=O) groups is 6. The largest absolute Gasteiger partial charge is 0.391 e. The molecule has 8 rings (SSSR count). The van der Waals surface area contributed by atoms with Crippen LogP contribution in [0, 0.1) is 18.3 Å². The molecule has 7 N–H and O–H groups in total. The first kappa shape index (κ1) is 51.9. The Kier molecular flexibility index (Phi) is 16.2. The highest BCUT2D eigenvalue weighted by Gasteiger charge is 2.43. The van der Waals surface area contributed by atoms with Gasteiger partial charge in [0.25, 0.3) is 0 Å². The Labute approximate surface area is 425 Å². The number of nitrogens with zero attached hydrogens (tertiary/aromatic N) is 3. The van der Waals surface area contributed by atoms with Gasteiger partial charge in [0.05, 0.1) is 46.6 Å². The first-order chi connectivity index (χ1) is 34.4. The molecule has 15 nitrogen and oxygen atoms in total. The van der Waals surface area contributed by atoms with Crippen LogP contribution in [0.2, 0.25) is 0 Å². The molecule has 3 aliphatic heterocycles. The highest BCUT2D eigenvalue weighted by Crippen LogP contribution is 2.39. The number of aliphatic hydroxyl groups excluding tert-OH is 1. The number of hydrogen-bond acceptors (Lipinski definition) is 10. The van der Waals surface area contributed by atoms with Crippen molar-refractivity contribution in [2.45, 2.75) is 142 Å². The summed E-state index contributed by atoms with van der Waals surface area (Å²) in [5.74, 6) is -2.35. The number of fused-ring (bicyclic) bond motifs is 1. The van der Waals surface area contributed by atoms with Gasteiger partial charge in [-0.15, -0.1) is 11.3 Å². The molecule has 72 heavy (non-hydrogen) atoms. The van der Waals surface area contributed by atoms with E-state index in [4.69, 9.17) is 16.2 Å². The van der Waals surface area contributed by atoms with E-state index in [0.717, 1.165) is 73.3 Å². The maximum Gasteiger partial charge on any atom is 0.243 e. The molecule has 0 radical (unpaired) electrons. The van der Waals surface area contributed by atoms with Gasteiger partial charge in [0.1, 0.15) is 12.1 Å². The van der Waals surface area contributed by atoms with Gasteiger partial charge < -0.3 is 36.8 Å². The lowest BCUT2D eigenvalue weighted by Crippen LogP contribution is -2.53. The second-order valence-corrected chi connectivity index (χ2v) is 21.6. The van der Waals surface area contributed by atoms with E-state index >= 15 is 0 Å². The Morgan fingerprint density at radius 1 is 0.903 bits per heavy atom. The predicted molar refractivity (Wildman–Crippen MR) is 277 cm³/mol. The van der Waals surface area contributed by atoms with Crippen molar-refractivity contribution in [1.29, 1.82) is 0 Å². The van der Waals surface area contributed by atoms with Gasteiger partial charge in [0.2, 0.25) is 35.4 Å². The van der Waals surface area contributed by atoms with Gasteiger partial charge in [-0.25, -0.2) is 4.98 Å². The van der Waals surface area contributed by atoms with Gasteiger partial charge in [-0.2, -0.15) is 0 Å². The van der Waals surface area contributed by atoms with Crippen LogP contribution in [0.15, 0.2) is 84.4 Å². The zero-order valence-electron chi connectivity index (χ0n) is 41.7. The number of primary amides is 2. The smallest absolute Gasteiger partial charge is 0.243 e. The van der Waals surface area contributed by atoms with Crippen LogP contribution in [-0.4, -0.2) is 87.3 Å². The lowest BCUT2D eigenvalue weighted by Gasteiger charge is -2.31. The van der Waals surface area contributed by atoms with Gasteiger partial charge in [-0.3, -0.25) is 33.7 Å². The standard InChI is InChI=1S/C56H67N7O8S/c1-33-52(72-32-60-33)39-16-13-36(14-17-39)29-59-54(69)46-26-44(64)30-62(46)50(67)28-56(3,4)27-43(53(58)68)20-12-35-11-18-41-24-37(15-19-40(41)23-35)31-71-34(2)45(21-22-48(57)65)61-55(70)47-25-42-9-5-7-38-8-6-10-49(66)63(47)51(38)42/h5,7,9,11,13-19,23-24,32,34,43-47,64H,6,8,10,12,20-22,25-31H2,1-4H3,(H2,57,65)(H2,58,68)(H,59,69)(H,61,70)/t34-,43?,44-,45+,46+,47+/m1/s1. The molecule has 4 aromatic carbocycles. The zero-order chi connectivity index (χ0) is 51.3. The summed E-state index contributed by atoms with van der Waals surface area (Å²) >= 11 is 1.58. The molecular formula is C56H67N7O8S. The van der Waals surface area contributed by atoms with Crippen molar-refractivity contribution in [2.75, 3.05) is 11.4 Å². The summed E-state index contributed by atoms with van der Waals surface area (Å²) in [4.78, 5) is 87.8. The molecule has 1 fully saturated rings. The number of rotatable bonds is 21. The van der Waals surface area contributed by atoms with Crippen molar-refractivity contribution in [1.82, 2.24) is 20.5 Å². The fourth-order valence-electron chi connectivity index (χ4n) is 10.7. The number of likely N-dealkylation sites (tertiary alicyclic amines) is 1. The molecule has 1 saturated heterocycles. The first-order valence-electron chi connectivity index (χ1n) is 25.1. The number of benzene rings is 4. The number of thiazole rings is 1. The molecule has 3 aliphatic rings. The Morgan fingerprint density at radius 2 is 1.61 bits per heavy atom. The molecule has 380 valence electrons. The maximum atomic E-state index is 13.9. The number of nitrogens with one attached hydrogen (secondary N) is 2. The number of nitrogens with two attached hydrogens (primary N) is 2. The third kappa shape index (κ3) is 12.4. The predicted octanol–water partition coefficient (Wildman–Crippen LogP) is 6.34. The molecule has 0 aliphatic carbocycles. The summed E-state index contributed by atoms with van der Waals surface area (Å²) < 4.78 is 6.34. The number of hydrogen-bond donors (Lipinski definition) is 5. The summed E-state index contributed by atoms with van der Waals surface area (Å²) in [5.41, 5.74) is 20.5. The third-order valence-corrected chi connectivity index (χ3v) is 15.6. The van der Waals surface area contributed by atoms with E-state index in [1.807, 2.05) is 106 Å². The monoisotopic (exact) mass is 997 g/mol. The van der Waals surface area contributed by atoms with Crippen molar-refractivity contribution in [3.05, 3.63) is 118 Å². The van der Waals surface area contributed by atoms with E-state index in [9.17, 15) is 33.9 Å². The van der Waals surface area contributed by atoms with Gasteiger partial charge in [0, 0.05) is 51.1 Å². The number of aliphatic hydroxyl groups is 1. The van der Waals surface area contributed by atoms with E-state index < -0.39 is 53.5 Å². The molecule has 5 aromatic rings.